The zero-order valence-corrected chi connectivity index (χ0v) is 16.2. The average molecular weight is 421 g/mol. The Morgan fingerprint density at radius 1 is 1.27 bits per heavy atom. The molecule has 1 unspecified atom stereocenters. The number of amides is 1. The van der Waals surface area contributed by atoms with Crippen LogP contribution in [0.2, 0.25) is 0 Å². The molecular formula is C21H19F4N3O2. The second-order valence-corrected chi connectivity index (χ2v) is 7.54. The van der Waals surface area contributed by atoms with Crippen molar-refractivity contribution >= 4 is 17.0 Å². The Hall–Kier alpha value is -2.97. The molecule has 0 aliphatic carbocycles. The molecule has 0 N–H and O–H groups in total. The third kappa shape index (κ3) is 4.01. The van der Waals surface area contributed by atoms with Gasteiger partial charge in [0.25, 0.3) is 5.71 Å². The van der Waals surface area contributed by atoms with Crippen LogP contribution in [0.1, 0.15) is 41.3 Å². The molecule has 158 valence electrons. The van der Waals surface area contributed by atoms with Crippen molar-refractivity contribution in [1.29, 1.82) is 0 Å². The highest BCUT2D eigenvalue weighted by molar-refractivity contribution is 5.82. The van der Waals surface area contributed by atoms with E-state index in [-0.39, 0.29) is 53.1 Å². The minimum atomic E-state index is -4.57. The Morgan fingerprint density at radius 3 is 2.70 bits per heavy atom. The number of rotatable bonds is 3. The Morgan fingerprint density at radius 2 is 2.00 bits per heavy atom. The van der Waals surface area contributed by atoms with E-state index < -0.39 is 11.7 Å². The lowest BCUT2D eigenvalue weighted by molar-refractivity contribution is -0.136. The third-order valence-corrected chi connectivity index (χ3v) is 5.34. The fourth-order valence-electron chi connectivity index (χ4n) is 3.91. The van der Waals surface area contributed by atoms with Gasteiger partial charge in [0.05, 0.1) is 23.1 Å². The number of nitrogens with zero attached hydrogens (tertiary/aromatic N) is 3. The van der Waals surface area contributed by atoms with Crippen molar-refractivity contribution in [3.05, 3.63) is 58.7 Å². The first-order valence-electron chi connectivity index (χ1n) is 9.58. The first-order valence-corrected chi connectivity index (χ1v) is 9.58. The molecule has 3 aromatic rings. The van der Waals surface area contributed by atoms with Gasteiger partial charge in [-0.05, 0) is 43.5 Å². The predicted molar refractivity (Wildman–Crippen MR) is 100 cm³/mol. The fraction of sp³-hybridized carbons (Fsp3) is 0.381. The van der Waals surface area contributed by atoms with E-state index in [9.17, 15) is 22.4 Å². The Balaban J connectivity index is 1.60. The van der Waals surface area contributed by atoms with Gasteiger partial charge < -0.3 is 9.42 Å². The molecule has 1 aliphatic heterocycles. The monoisotopic (exact) mass is 421 g/mol. The van der Waals surface area contributed by atoms with Crippen molar-refractivity contribution in [2.24, 2.45) is 0 Å². The Labute approximate surface area is 169 Å². The molecular weight excluding hydrogens is 402 g/mol. The highest BCUT2D eigenvalue weighted by atomic mass is 19.4. The van der Waals surface area contributed by atoms with Crippen LogP contribution in [0.5, 0.6) is 0 Å². The van der Waals surface area contributed by atoms with E-state index in [4.69, 9.17) is 4.52 Å². The Kier molecular flexibility index (Phi) is 5.21. The first-order chi connectivity index (χ1) is 14.2. The lowest BCUT2D eigenvalue weighted by Gasteiger charge is -2.32. The number of hydrogen-bond donors (Lipinski definition) is 0. The van der Waals surface area contributed by atoms with Gasteiger partial charge in [-0.2, -0.15) is 13.2 Å². The lowest BCUT2D eigenvalue weighted by Crippen LogP contribution is -2.40. The van der Waals surface area contributed by atoms with Gasteiger partial charge in [0.2, 0.25) is 5.91 Å². The quantitative estimate of drug-likeness (QED) is 0.579. The number of fused-ring (bicyclic) bond motifs is 1. The molecule has 0 bridgehead atoms. The number of halogens is 4. The minimum Gasteiger partial charge on any atom is -0.342 e. The molecule has 1 atom stereocenters. The fourth-order valence-corrected chi connectivity index (χ4v) is 3.91. The summed E-state index contributed by atoms with van der Waals surface area (Å²) in [4.78, 5) is 18.4. The number of alkyl halides is 3. The van der Waals surface area contributed by atoms with Crippen molar-refractivity contribution in [1.82, 2.24) is 15.0 Å². The molecule has 4 rings (SSSR count). The molecule has 0 saturated carbocycles. The van der Waals surface area contributed by atoms with Gasteiger partial charge in [0.1, 0.15) is 5.82 Å². The number of carbonyl (C=O) groups excluding carboxylic acids is 1. The van der Waals surface area contributed by atoms with E-state index in [1.54, 1.807) is 17.0 Å². The van der Waals surface area contributed by atoms with Gasteiger partial charge in [0.15, 0.2) is 0 Å². The number of aromatic nitrogens is 2. The van der Waals surface area contributed by atoms with Crippen molar-refractivity contribution in [3.63, 3.8) is 0 Å². The van der Waals surface area contributed by atoms with E-state index in [1.165, 1.54) is 19.1 Å². The smallest absolute Gasteiger partial charge is 0.342 e. The summed E-state index contributed by atoms with van der Waals surface area (Å²) < 4.78 is 59.0. The summed E-state index contributed by atoms with van der Waals surface area (Å²) in [5.41, 5.74) is 0.0823. The van der Waals surface area contributed by atoms with Crippen LogP contribution in [-0.4, -0.2) is 34.0 Å². The molecule has 3 heterocycles. The number of benzene rings is 1. The van der Waals surface area contributed by atoms with E-state index in [2.05, 4.69) is 10.1 Å². The van der Waals surface area contributed by atoms with Crippen molar-refractivity contribution in [3.8, 4) is 0 Å². The lowest BCUT2D eigenvalue weighted by atomic mass is 9.91. The average Bonchev–Trinajstić information content (AvgIpc) is 3.12. The number of carbonyl (C=O) groups is 1. The predicted octanol–water partition coefficient (Wildman–Crippen LogP) is 4.64. The second kappa shape index (κ2) is 7.70. The summed E-state index contributed by atoms with van der Waals surface area (Å²) in [6, 6.07) is 6.66. The zero-order chi connectivity index (χ0) is 21.5. The molecule has 30 heavy (non-hydrogen) atoms. The Bertz CT molecular complexity index is 1080. The van der Waals surface area contributed by atoms with Crippen LogP contribution in [0.4, 0.5) is 17.6 Å². The molecule has 0 spiro atoms. The molecule has 0 radical (unpaired) electrons. The number of pyridine rings is 1. The maximum atomic E-state index is 13.6. The first kappa shape index (κ1) is 20.3. The van der Waals surface area contributed by atoms with E-state index in [0.717, 1.165) is 6.07 Å². The van der Waals surface area contributed by atoms with Crippen molar-refractivity contribution in [2.45, 2.75) is 38.3 Å². The van der Waals surface area contributed by atoms with Gasteiger partial charge in [-0.1, -0.05) is 17.3 Å². The van der Waals surface area contributed by atoms with Crippen LogP contribution in [0, 0.1) is 12.7 Å². The SMILES string of the molecule is Cc1cc(C(F)(F)F)c2c(C3CCCN(C(=O)Cc4ccc(F)cc4)C3)noc2n1. The van der Waals surface area contributed by atoms with Gasteiger partial charge in [-0.3, -0.25) is 4.79 Å². The van der Waals surface area contributed by atoms with Crippen molar-refractivity contribution < 1.29 is 26.9 Å². The summed E-state index contributed by atoms with van der Waals surface area (Å²) in [6.45, 7) is 2.22. The highest BCUT2D eigenvalue weighted by Crippen LogP contribution is 2.40. The third-order valence-electron chi connectivity index (χ3n) is 5.34. The molecule has 1 fully saturated rings. The van der Waals surface area contributed by atoms with Crippen LogP contribution < -0.4 is 0 Å². The topological polar surface area (TPSA) is 59.2 Å². The van der Waals surface area contributed by atoms with E-state index >= 15 is 0 Å². The second-order valence-electron chi connectivity index (χ2n) is 7.54. The van der Waals surface area contributed by atoms with Gasteiger partial charge in [-0.15, -0.1) is 0 Å². The maximum Gasteiger partial charge on any atom is 0.417 e. The maximum absolute atomic E-state index is 13.6. The van der Waals surface area contributed by atoms with Gasteiger partial charge in [-0.25, -0.2) is 9.37 Å². The molecule has 1 saturated heterocycles. The van der Waals surface area contributed by atoms with Gasteiger partial charge >= 0.3 is 6.18 Å². The summed E-state index contributed by atoms with van der Waals surface area (Å²) in [5, 5.41) is 3.77. The highest BCUT2D eigenvalue weighted by Gasteiger charge is 2.38. The number of hydrogen-bond acceptors (Lipinski definition) is 4. The summed E-state index contributed by atoms with van der Waals surface area (Å²) in [5.74, 6) is -0.932. The molecule has 2 aromatic heterocycles. The van der Waals surface area contributed by atoms with Crippen LogP contribution in [-0.2, 0) is 17.4 Å². The normalized spacial score (nSPS) is 17.5. The number of aryl methyl sites for hydroxylation is 1. The molecule has 5 nitrogen and oxygen atoms in total. The van der Waals surface area contributed by atoms with Crippen LogP contribution in [0.3, 0.4) is 0 Å². The minimum absolute atomic E-state index is 0.0983. The molecule has 1 amide bonds. The summed E-state index contributed by atoms with van der Waals surface area (Å²) in [7, 11) is 0. The van der Waals surface area contributed by atoms with E-state index in [0.29, 0.717) is 24.9 Å². The number of piperidine rings is 1. The van der Waals surface area contributed by atoms with Crippen LogP contribution in [0.15, 0.2) is 34.9 Å². The van der Waals surface area contributed by atoms with Crippen LogP contribution >= 0.6 is 0 Å². The molecule has 9 heteroatoms. The largest absolute Gasteiger partial charge is 0.417 e. The summed E-state index contributed by atoms with van der Waals surface area (Å²) in [6.07, 6.45) is -3.25. The zero-order valence-electron chi connectivity index (χ0n) is 16.2. The summed E-state index contributed by atoms with van der Waals surface area (Å²) >= 11 is 0. The van der Waals surface area contributed by atoms with Crippen LogP contribution in [0.25, 0.3) is 11.1 Å². The standard InChI is InChI=1S/C21H19F4N3O2/c1-12-9-16(21(23,24)25)18-19(27-30-20(18)26-12)14-3-2-8-28(11-14)17(29)10-13-4-6-15(22)7-5-13/h4-7,9,14H,2-3,8,10-11H2,1H3. The van der Waals surface area contributed by atoms with Gasteiger partial charge in [0, 0.05) is 24.7 Å². The molecule has 1 aliphatic rings. The van der Waals surface area contributed by atoms with Crippen molar-refractivity contribution in [2.75, 3.05) is 13.1 Å². The molecule has 1 aromatic carbocycles. The van der Waals surface area contributed by atoms with E-state index in [1.807, 2.05) is 0 Å². The number of likely N-dealkylation sites (tertiary alicyclic amines) is 1.